The van der Waals surface area contributed by atoms with E-state index in [2.05, 4.69) is 0 Å². The molecule has 0 aromatic rings. The van der Waals surface area contributed by atoms with Crippen molar-refractivity contribution in [3.05, 3.63) is 0 Å². The second kappa shape index (κ2) is 19.3. The molecule has 0 aromatic carbocycles. The summed E-state index contributed by atoms with van der Waals surface area (Å²) in [6, 6.07) is 0. The van der Waals surface area contributed by atoms with Crippen molar-refractivity contribution in [2.24, 2.45) is 5.92 Å². The summed E-state index contributed by atoms with van der Waals surface area (Å²) in [5.74, 6) is 0.143. The van der Waals surface area contributed by atoms with Gasteiger partial charge in [0.15, 0.2) is 0 Å². The van der Waals surface area contributed by atoms with Gasteiger partial charge in [-0.1, -0.05) is 41.5 Å². The summed E-state index contributed by atoms with van der Waals surface area (Å²) in [4.78, 5) is 23.1. The van der Waals surface area contributed by atoms with Crippen molar-refractivity contribution in [2.45, 2.75) is 61.3 Å². The van der Waals surface area contributed by atoms with Crippen molar-refractivity contribution in [1.82, 2.24) is 4.90 Å². The van der Waals surface area contributed by atoms with E-state index in [0.29, 0.717) is 25.5 Å². The van der Waals surface area contributed by atoms with Crippen molar-refractivity contribution in [3.63, 3.8) is 0 Å². The molecule has 1 fully saturated rings. The lowest BCUT2D eigenvalue weighted by molar-refractivity contribution is -0.144. The predicted molar refractivity (Wildman–Crippen MR) is 81.0 cm³/mol. The van der Waals surface area contributed by atoms with Crippen molar-refractivity contribution in [2.75, 3.05) is 19.7 Å². The van der Waals surface area contributed by atoms with E-state index in [1.165, 1.54) is 0 Å². The predicted octanol–water partition coefficient (Wildman–Crippen LogP) is 3.50. The molecule has 0 saturated carbocycles. The minimum Gasteiger partial charge on any atom is -0.466 e. The van der Waals surface area contributed by atoms with Crippen LogP contribution in [0.3, 0.4) is 0 Å². The zero-order valence-corrected chi connectivity index (χ0v) is 13.9. The topological polar surface area (TPSA) is 46.6 Å². The molecular formula is C15H33NO3. The molecule has 0 bridgehead atoms. The van der Waals surface area contributed by atoms with Gasteiger partial charge in [0.05, 0.1) is 13.0 Å². The first-order chi connectivity index (χ1) is 9.26. The molecule has 19 heavy (non-hydrogen) atoms. The highest BCUT2D eigenvalue weighted by molar-refractivity contribution is 5.69. The summed E-state index contributed by atoms with van der Waals surface area (Å²) in [6.45, 7) is 15.7. The van der Waals surface area contributed by atoms with E-state index in [1.54, 1.807) is 11.8 Å². The van der Waals surface area contributed by atoms with E-state index < -0.39 is 0 Å². The van der Waals surface area contributed by atoms with Crippen LogP contribution in [0.25, 0.3) is 0 Å². The van der Waals surface area contributed by atoms with Crippen LogP contribution in [0.4, 0.5) is 0 Å². The molecule has 1 heterocycles. The van der Waals surface area contributed by atoms with E-state index >= 15 is 0 Å². The van der Waals surface area contributed by atoms with Crippen molar-refractivity contribution in [3.8, 4) is 0 Å². The number of amides is 1. The second-order valence-electron chi connectivity index (χ2n) is 3.26. The number of hydrogen-bond donors (Lipinski definition) is 0. The number of esters is 1. The summed E-state index contributed by atoms with van der Waals surface area (Å²) < 4.78 is 4.83. The number of rotatable bonds is 4. The molecule has 1 unspecified atom stereocenters. The average Bonchev–Trinajstić information content (AvgIpc) is 2.93. The number of nitrogens with zero attached hydrogens (tertiary/aromatic N) is 1. The van der Waals surface area contributed by atoms with Gasteiger partial charge in [0.2, 0.25) is 6.41 Å². The number of hydrogen-bond acceptors (Lipinski definition) is 3. The highest BCUT2D eigenvalue weighted by Crippen LogP contribution is 2.18. The first-order valence-electron chi connectivity index (χ1n) is 7.61. The maximum atomic E-state index is 11.1. The minimum absolute atomic E-state index is 0.153. The second-order valence-corrected chi connectivity index (χ2v) is 3.26. The fourth-order valence-electron chi connectivity index (χ4n) is 1.58. The molecule has 1 aliphatic rings. The van der Waals surface area contributed by atoms with Crippen molar-refractivity contribution in [1.29, 1.82) is 0 Å². The Balaban J connectivity index is -0.000000375. The molecule has 0 N–H and O–H groups in total. The molecule has 0 spiro atoms. The molecule has 0 aromatic heterocycles. The lowest BCUT2D eigenvalue weighted by Crippen LogP contribution is -2.19. The Hall–Kier alpha value is -1.06. The third-order valence-corrected chi connectivity index (χ3v) is 2.23. The van der Waals surface area contributed by atoms with Crippen LogP contribution < -0.4 is 0 Å². The first-order valence-corrected chi connectivity index (χ1v) is 7.61. The van der Waals surface area contributed by atoms with Gasteiger partial charge in [-0.25, -0.2) is 0 Å². The Morgan fingerprint density at radius 1 is 1.21 bits per heavy atom. The molecule has 0 aliphatic carbocycles. The Morgan fingerprint density at radius 3 is 2.11 bits per heavy atom. The Morgan fingerprint density at radius 2 is 1.74 bits per heavy atom. The zero-order chi connectivity index (χ0) is 15.7. The summed E-state index contributed by atoms with van der Waals surface area (Å²) in [5, 5.41) is 0. The quantitative estimate of drug-likeness (QED) is 0.583. The van der Waals surface area contributed by atoms with Crippen LogP contribution in [0.15, 0.2) is 0 Å². The third-order valence-electron chi connectivity index (χ3n) is 2.23. The maximum Gasteiger partial charge on any atom is 0.306 e. The molecule has 1 atom stereocenters. The summed E-state index contributed by atoms with van der Waals surface area (Å²) in [6.07, 6.45) is 2.20. The fourth-order valence-corrected chi connectivity index (χ4v) is 1.58. The molecule has 1 saturated heterocycles. The normalized spacial score (nSPS) is 15.7. The van der Waals surface area contributed by atoms with Crippen LogP contribution >= 0.6 is 0 Å². The Labute approximate surface area is 119 Å². The molecule has 1 amide bonds. The fraction of sp³-hybridized carbons (Fsp3) is 0.867. The van der Waals surface area contributed by atoms with Crippen LogP contribution in [0.2, 0.25) is 0 Å². The van der Waals surface area contributed by atoms with Gasteiger partial charge in [-0.05, 0) is 19.3 Å². The monoisotopic (exact) mass is 275 g/mol. The molecule has 0 radical (unpaired) electrons. The van der Waals surface area contributed by atoms with E-state index in [4.69, 9.17) is 4.74 Å². The smallest absolute Gasteiger partial charge is 0.306 e. The van der Waals surface area contributed by atoms with Gasteiger partial charge >= 0.3 is 5.97 Å². The molecule has 1 rings (SSSR count). The van der Waals surface area contributed by atoms with E-state index in [1.807, 2.05) is 41.5 Å². The third kappa shape index (κ3) is 13.2. The molecule has 4 heteroatoms. The summed E-state index contributed by atoms with van der Waals surface area (Å²) in [5.41, 5.74) is 0. The number of ether oxygens (including phenoxy) is 1. The SMILES string of the molecule is CC.CC.CC.CCOC(=O)CC1CCN(C=O)C1. The molecule has 116 valence electrons. The molecule has 1 aliphatic heterocycles. The summed E-state index contributed by atoms with van der Waals surface area (Å²) >= 11 is 0. The highest BCUT2D eigenvalue weighted by atomic mass is 16.5. The van der Waals surface area contributed by atoms with E-state index in [0.717, 1.165) is 19.4 Å². The number of likely N-dealkylation sites (tertiary alicyclic amines) is 1. The summed E-state index contributed by atoms with van der Waals surface area (Å²) in [7, 11) is 0. The van der Waals surface area contributed by atoms with Crippen LogP contribution in [-0.4, -0.2) is 37.0 Å². The van der Waals surface area contributed by atoms with Crippen molar-refractivity contribution < 1.29 is 14.3 Å². The Bertz CT molecular complexity index is 196. The minimum atomic E-state index is -0.153. The van der Waals surface area contributed by atoms with Crippen molar-refractivity contribution >= 4 is 12.4 Å². The van der Waals surface area contributed by atoms with Gasteiger partial charge in [0, 0.05) is 13.1 Å². The number of carbonyl (C=O) groups is 2. The first kappa shape index (κ1) is 23.1. The van der Waals surface area contributed by atoms with Gasteiger partial charge in [-0.2, -0.15) is 0 Å². The lowest BCUT2D eigenvalue weighted by Gasteiger charge is -2.09. The molecular weight excluding hydrogens is 242 g/mol. The van der Waals surface area contributed by atoms with Crippen LogP contribution in [0.5, 0.6) is 0 Å². The van der Waals surface area contributed by atoms with Gasteiger partial charge in [-0.3, -0.25) is 9.59 Å². The zero-order valence-electron chi connectivity index (χ0n) is 13.9. The van der Waals surface area contributed by atoms with Crippen LogP contribution in [0, 0.1) is 5.92 Å². The van der Waals surface area contributed by atoms with Gasteiger partial charge in [-0.15, -0.1) is 0 Å². The van der Waals surface area contributed by atoms with Gasteiger partial charge in [0.1, 0.15) is 0 Å². The maximum absolute atomic E-state index is 11.1. The van der Waals surface area contributed by atoms with Gasteiger partial charge < -0.3 is 9.64 Å². The van der Waals surface area contributed by atoms with E-state index in [-0.39, 0.29) is 5.97 Å². The standard InChI is InChI=1S/C9H15NO3.3C2H6/c1-2-13-9(12)5-8-3-4-10(6-8)7-11;3*1-2/h7-8H,2-6H2,1H3;3*1-2H3. The Kier molecular flexibility index (Phi) is 23.4. The average molecular weight is 275 g/mol. The van der Waals surface area contributed by atoms with Crippen LogP contribution in [0.1, 0.15) is 61.3 Å². The molecule has 4 nitrogen and oxygen atoms in total. The van der Waals surface area contributed by atoms with E-state index in [9.17, 15) is 9.59 Å². The largest absolute Gasteiger partial charge is 0.466 e. The number of carbonyl (C=O) groups excluding carboxylic acids is 2. The van der Waals surface area contributed by atoms with Gasteiger partial charge in [0.25, 0.3) is 0 Å². The van der Waals surface area contributed by atoms with Crippen LogP contribution in [-0.2, 0) is 14.3 Å². The highest BCUT2D eigenvalue weighted by Gasteiger charge is 2.23. The lowest BCUT2D eigenvalue weighted by atomic mass is 10.1.